The van der Waals surface area contributed by atoms with Crippen molar-refractivity contribution in [1.29, 1.82) is 0 Å². The minimum Gasteiger partial charge on any atom is -0.471 e. The van der Waals surface area contributed by atoms with Gasteiger partial charge >= 0.3 is 11.9 Å². The van der Waals surface area contributed by atoms with E-state index in [0.29, 0.717) is 5.69 Å². The number of rotatable bonds is 31. The smallest absolute Gasteiger partial charge is 0.302 e. The van der Waals surface area contributed by atoms with Gasteiger partial charge in [0.2, 0.25) is 47.3 Å². The number of nitro groups is 2. The first-order valence-corrected chi connectivity index (χ1v) is 30.3. The van der Waals surface area contributed by atoms with Crippen molar-refractivity contribution in [3.05, 3.63) is 121 Å². The number of para-hydroxylation sites is 1. The fourth-order valence-electron chi connectivity index (χ4n) is 12.7. The molecule has 6 aliphatic rings. The van der Waals surface area contributed by atoms with E-state index in [1.807, 2.05) is 24.3 Å². The number of carbonyl (C=O) groups excluding carboxylic acids is 11. The van der Waals surface area contributed by atoms with Gasteiger partial charge in [-0.1, -0.05) is 40.8 Å². The summed E-state index contributed by atoms with van der Waals surface area (Å²) in [5, 5.41) is 55.7. The first-order valence-electron chi connectivity index (χ1n) is 30.3. The number of imide groups is 2. The van der Waals surface area contributed by atoms with E-state index >= 15 is 0 Å². The molecule has 9 amide bonds. The number of allylic oxidation sites excluding steroid dienone is 4. The average Bonchev–Trinajstić information content (AvgIpc) is 1.59. The minimum atomic E-state index is -0.803. The van der Waals surface area contributed by atoms with E-state index in [2.05, 4.69) is 36.6 Å². The second-order valence-corrected chi connectivity index (χ2v) is 23.2. The molecular weight excluding hydrogens is 1250 g/mol. The monoisotopic (exact) mass is 1320 g/mol. The number of nitrogens with one attached hydrogen (secondary N) is 3. The molecule has 504 valence electrons. The zero-order valence-electron chi connectivity index (χ0n) is 51.8. The molecule has 4 heterocycles. The van der Waals surface area contributed by atoms with Gasteiger partial charge in [-0.05, 0) is 60.8 Å². The van der Waals surface area contributed by atoms with Crippen LogP contribution in [0.15, 0.2) is 73.1 Å². The van der Waals surface area contributed by atoms with Gasteiger partial charge in [0.15, 0.2) is 6.73 Å². The zero-order valence-corrected chi connectivity index (χ0v) is 51.8. The molecule has 0 spiro atoms. The summed E-state index contributed by atoms with van der Waals surface area (Å²) >= 11 is 0. The van der Waals surface area contributed by atoms with E-state index < -0.39 is 88.3 Å². The van der Waals surface area contributed by atoms with Crippen LogP contribution in [0.5, 0.6) is 5.75 Å². The van der Waals surface area contributed by atoms with Gasteiger partial charge < -0.3 is 49.8 Å². The highest BCUT2D eigenvalue weighted by atomic mass is 16.6. The van der Waals surface area contributed by atoms with Crippen LogP contribution in [0, 0.1) is 67.6 Å². The van der Waals surface area contributed by atoms with Crippen LogP contribution in [-0.4, -0.2) is 189 Å². The van der Waals surface area contributed by atoms with Gasteiger partial charge in [0.1, 0.15) is 55.4 Å². The summed E-state index contributed by atoms with van der Waals surface area (Å²) in [5.74, 6) is -6.39. The SMILES string of the molecule is CC(=O)OCc1cccc(C(=O)NCn2cc(CN(CCN3C(=O)C4C5C=CC(C5)C4C3=O)C(=O)CC(=O)NCCO)nn2)c1[N+](=O)[O-].COCCNC(=O)CC(=O)N(CCN1C(=O)C2C3C=CC(C3)C2C1=O)Cc1cn(COc2ccc([N+](=O)[O-])c(COC(C)=O)c2)nn1. The van der Waals surface area contributed by atoms with E-state index in [9.17, 15) is 73.0 Å². The summed E-state index contributed by atoms with van der Waals surface area (Å²) in [6.45, 7) is 0.987. The largest absolute Gasteiger partial charge is 0.471 e. The Morgan fingerprint density at radius 2 is 1.15 bits per heavy atom. The number of ether oxygens (including phenoxy) is 4. The fraction of sp³-hybridized carbons (Fsp3) is 0.483. The lowest BCUT2D eigenvalue weighted by atomic mass is 9.85. The maximum Gasteiger partial charge on any atom is 0.302 e. The Hall–Kier alpha value is -10.7. The summed E-state index contributed by atoms with van der Waals surface area (Å²) < 4.78 is 22.9. The standard InChI is InChI=1S/C30H34N8O10.C30H35N7O10/c1-17(40)48-15-20-3-2-4-22(27(20)38(46)47)28(43)32-16-36-14-21(33-34-36)13-35(24(42)12-23(41)31-7-10-39)8-9-37-29(44)25-18-5-6-19(11-18)26(25)30(37)45;1-18(38)46-16-21-12-23(5-6-24(21)37(43)44)47-17-35-15-22(32-33-35)14-34(26(40)13-25(39)31-7-10-45-2)8-9-36-29(41)27-19-3-4-20(11-19)28(27)30(36)42/h2-6,14,18-19,25-26,39H,7-13,15-16H2,1H3,(H,31,41)(H,32,43);3-6,12,15,19-20,27-28H,7-11,13-14,16-17H2,1-2H3,(H,31,39). The number of amides is 9. The predicted octanol–water partition coefficient (Wildman–Crippen LogP) is -0.154. The zero-order chi connectivity index (χ0) is 68.2. The number of fused-ring (bicyclic) bond motifs is 10. The molecule has 4 fully saturated rings. The topological polar surface area (TPSA) is 442 Å². The summed E-state index contributed by atoms with van der Waals surface area (Å²) in [7, 11) is 1.49. The number of hydrogen-bond acceptors (Lipinski definition) is 24. The van der Waals surface area contributed by atoms with E-state index in [0.717, 1.165) is 19.8 Å². The van der Waals surface area contributed by atoms with Crippen molar-refractivity contribution in [1.82, 2.24) is 65.5 Å². The van der Waals surface area contributed by atoms with Crippen molar-refractivity contribution in [2.75, 3.05) is 59.6 Å². The summed E-state index contributed by atoms with van der Waals surface area (Å²) in [5.41, 5.74) is -0.242. The van der Waals surface area contributed by atoms with Gasteiger partial charge in [0, 0.05) is 66.3 Å². The molecule has 8 atom stereocenters. The molecule has 10 rings (SSSR count). The fourth-order valence-corrected chi connectivity index (χ4v) is 12.7. The van der Waals surface area contributed by atoms with Gasteiger partial charge in [-0.25, -0.2) is 9.36 Å². The molecule has 2 saturated heterocycles. The number of carbonyl (C=O) groups is 11. The van der Waals surface area contributed by atoms with Crippen LogP contribution in [0.2, 0.25) is 0 Å². The van der Waals surface area contributed by atoms with Gasteiger partial charge in [-0.2, -0.15) is 0 Å². The molecule has 2 saturated carbocycles. The number of aliphatic hydroxyl groups is 1. The summed E-state index contributed by atoms with van der Waals surface area (Å²) in [4.78, 5) is 166. The second kappa shape index (κ2) is 30.8. The van der Waals surface area contributed by atoms with Crippen LogP contribution >= 0.6 is 0 Å². The Bertz CT molecular complexity index is 3680. The van der Waals surface area contributed by atoms with E-state index in [4.69, 9.17) is 24.1 Å². The molecule has 4 N–H and O–H groups in total. The van der Waals surface area contributed by atoms with Crippen LogP contribution in [0.1, 0.15) is 72.4 Å². The average molecular weight is 1320 g/mol. The molecule has 35 heteroatoms. The third kappa shape index (κ3) is 16.4. The molecule has 95 heavy (non-hydrogen) atoms. The molecule has 4 bridgehead atoms. The Kier molecular flexibility index (Phi) is 22.3. The molecule has 2 aromatic heterocycles. The van der Waals surface area contributed by atoms with Crippen molar-refractivity contribution in [3.8, 4) is 5.75 Å². The van der Waals surface area contributed by atoms with E-state index in [1.165, 1.54) is 91.8 Å². The lowest BCUT2D eigenvalue weighted by Gasteiger charge is -2.25. The number of methoxy groups -OCH3 is 1. The quantitative estimate of drug-likeness (QED) is 0.00967. The maximum absolute atomic E-state index is 13.3. The lowest BCUT2D eigenvalue weighted by Crippen LogP contribution is -2.43. The Balaban J connectivity index is 0.000000223. The normalized spacial score (nSPS) is 20.6. The summed E-state index contributed by atoms with van der Waals surface area (Å²) in [6.07, 6.45) is 11.5. The van der Waals surface area contributed by atoms with Crippen LogP contribution in [0.3, 0.4) is 0 Å². The Morgan fingerprint density at radius 1 is 0.653 bits per heavy atom. The Labute approximate surface area is 540 Å². The maximum atomic E-state index is 13.3. The van der Waals surface area contributed by atoms with E-state index in [-0.39, 0.29) is 179 Å². The molecule has 4 aromatic rings. The number of nitrogens with zero attached hydrogens (tertiary/aromatic N) is 12. The summed E-state index contributed by atoms with van der Waals surface area (Å²) in [6, 6.07) is 8.05. The first-order chi connectivity index (χ1) is 45.5. The molecule has 0 radical (unpaired) electrons. The van der Waals surface area contributed by atoms with Crippen LogP contribution in [0.4, 0.5) is 11.4 Å². The van der Waals surface area contributed by atoms with Crippen molar-refractivity contribution >= 4 is 76.5 Å². The highest BCUT2D eigenvalue weighted by Gasteiger charge is 2.60. The lowest BCUT2D eigenvalue weighted by molar-refractivity contribution is -0.386. The molecule has 2 aliphatic heterocycles. The number of esters is 2. The molecule has 4 aliphatic carbocycles. The van der Waals surface area contributed by atoms with Crippen LogP contribution < -0.4 is 20.7 Å². The number of aliphatic hydroxyl groups excluding tert-OH is 1. The number of hydrogen-bond donors (Lipinski definition) is 4. The van der Waals surface area contributed by atoms with Gasteiger partial charge in [-0.3, -0.25) is 82.8 Å². The molecule has 8 unspecified atom stereocenters. The third-order valence-electron chi connectivity index (χ3n) is 17.0. The predicted molar refractivity (Wildman–Crippen MR) is 319 cm³/mol. The second-order valence-electron chi connectivity index (χ2n) is 23.2. The van der Waals surface area contributed by atoms with E-state index in [1.54, 1.807) is 0 Å². The molecule has 35 nitrogen and oxygen atoms in total. The molecular formula is C60H69N15O20. The molecule has 2 aromatic carbocycles. The number of likely N-dealkylation sites (tertiary alicyclic amines) is 2. The minimum absolute atomic E-state index is 0.0128. The van der Waals surface area contributed by atoms with Crippen LogP contribution in [-0.2, 0) is 102 Å². The number of benzene rings is 2. The van der Waals surface area contributed by atoms with Crippen LogP contribution in [0.25, 0.3) is 0 Å². The number of nitro benzene ring substituents is 2. The van der Waals surface area contributed by atoms with Gasteiger partial charge in [-0.15, -0.1) is 10.2 Å². The number of aromatic nitrogens is 6. The van der Waals surface area contributed by atoms with Crippen molar-refractivity contribution in [3.63, 3.8) is 0 Å². The third-order valence-corrected chi connectivity index (χ3v) is 17.0. The highest BCUT2D eigenvalue weighted by molar-refractivity contribution is 6.07. The van der Waals surface area contributed by atoms with Crippen molar-refractivity contribution in [2.24, 2.45) is 47.3 Å². The van der Waals surface area contributed by atoms with Crippen molar-refractivity contribution in [2.45, 2.75) is 79.2 Å². The first kappa shape index (κ1) is 68.7. The Morgan fingerprint density at radius 3 is 1.63 bits per heavy atom. The van der Waals surface area contributed by atoms with Gasteiger partial charge in [0.05, 0.1) is 83.3 Å². The highest BCUT2D eigenvalue weighted by Crippen LogP contribution is 2.53. The van der Waals surface area contributed by atoms with Gasteiger partial charge in [0.25, 0.3) is 17.3 Å². The van der Waals surface area contributed by atoms with Crippen molar-refractivity contribution < 1.29 is 86.6 Å².